The highest BCUT2D eigenvalue weighted by Crippen LogP contribution is 1.86. The summed E-state index contributed by atoms with van der Waals surface area (Å²) in [6, 6.07) is 0. The van der Waals surface area contributed by atoms with Crippen molar-refractivity contribution in [3.05, 3.63) is 0 Å². The molecule has 0 unspecified atom stereocenters. The van der Waals surface area contributed by atoms with Crippen LogP contribution in [0.25, 0.3) is 0 Å². The molecule has 0 spiro atoms. The molecule has 0 atom stereocenters. The van der Waals surface area contributed by atoms with Crippen LogP contribution in [0.1, 0.15) is 26.7 Å². The third-order valence-electron chi connectivity index (χ3n) is 1.87. The lowest BCUT2D eigenvalue weighted by Crippen LogP contribution is -2.10. The van der Waals surface area contributed by atoms with Gasteiger partial charge in [-0.1, -0.05) is 6.92 Å². The van der Waals surface area contributed by atoms with Gasteiger partial charge in [0.25, 0.3) is 0 Å². The highest BCUT2D eigenvalue weighted by molar-refractivity contribution is 4.36. The molecule has 0 bridgehead atoms. The van der Waals surface area contributed by atoms with Crippen molar-refractivity contribution < 1.29 is 18.9 Å². The summed E-state index contributed by atoms with van der Waals surface area (Å²) in [6.45, 7) is 9.84. The van der Waals surface area contributed by atoms with Crippen LogP contribution in [0.2, 0.25) is 0 Å². The van der Waals surface area contributed by atoms with E-state index in [1.165, 1.54) is 0 Å². The van der Waals surface area contributed by atoms with E-state index in [1.807, 2.05) is 6.92 Å². The van der Waals surface area contributed by atoms with E-state index in [2.05, 4.69) is 6.92 Å². The lowest BCUT2D eigenvalue weighted by Gasteiger charge is -2.06. The molecule has 0 fully saturated rings. The van der Waals surface area contributed by atoms with Crippen LogP contribution in [0.15, 0.2) is 0 Å². The van der Waals surface area contributed by atoms with Crippen molar-refractivity contribution in [1.82, 2.24) is 0 Å². The maximum atomic E-state index is 5.36. The van der Waals surface area contributed by atoms with Gasteiger partial charge >= 0.3 is 0 Å². The maximum Gasteiger partial charge on any atom is 0.0701 e. The van der Waals surface area contributed by atoms with Crippen LogP contribution in [0.4, 0.5) is 0 Å². The Morgan fingerprint density at radius 2 is 1.06 bits per heavy atom. The van der Waals surface area contributed by atoms with Gasteiger partial charge in [0.05, 0.1) is 26.4 Å². The van der Waals surface area contributed by atoms with Gasteiger partial charge < -0.3 is 18.9 Å². The Hall–Kier alpha value is -0.160. The molecule has 0 heterocycles. The zero-order valence-corrected chi connectivity index (χ0v) is 10.7. The Morgan fingerprint density at radius 3 is 1.62 bits per heavy atom. The van der Waals surface area contributed by atoms with Gasteiger partial charge in [-0.05, 0) is 19.8 Å². The molecule has 0 saturated carbocycles. The summed E-state index contributed by atoms with van der Waals surface area (Å²) in [5, 5.41) is 0. The smallest absolute Gasteiger partial charge is 0.0701 e. The first-order chi connectivity index (χ1) is 7.91. The second-order valence-corrected chi connectivity index (χ2v) is 3.39. The van der Waals surface area contributed by atoms with E-state index in [-0.39, 0.29) is 0 Å². The summed E-state index contributed by atoms with van der Waals surface area (Å²) in [4.78, 5) is 0. The van der Waals surface area contributed by atoms with Gasteiger partial charge in [0.2, 0.25) is 0 Å². The summed E-state index contributed by atoms with van der Waals surface area (Å²) < 4.78 is 21.1. The lowest BCUT2D eigenvalue weighted by molar-refractivity contribution is 0.0103. The van der Waals surface area contributed by atoms with E-state index in [0.29, 0.717) is 26.4 Å². The second-order valence-electron chi connectivity index (χ2n) is 3.39. The summed E-state index contributed by atoms with van der Waals surface area (Å²) >= 11 is 0. The molecule has 0 aliphatic rings. The Morgan fingerprint density at radius 1 is 0.562 bits per heavy atom. The molecular weight excluding hydrogens is 208 g/mol. The van der Waals surface area contributed by atoms with Crippen molar-refractivity contribution in [2.75, 3.05) is 52.9 Å². The van der Waals surface area contributed by atoms with Crippen molar-refractivity contribution in [3.63, 3.8) is 0 Å². The fourth-order valence-corrected chi connectivity index (χ4v) is 1.09. The van der Waals surface area contributed by atoms with Gasteiger partial charge in [0, 0.05) is 26.4 Å². The van der Waals surface area contributed by atoms with Gasteiger partial charge in [0.1, 0.15) is 0 Å². The van der Waals surface area contributed by atoms with Gasteiger partial charge in [0.15, 0.2) is 0 Å². The molecule has 0 aromatic carbocycles. The molecule has 0 N–H and O–H groups in total. The van der Waals surface area contributed by atoms with Gasteiger partial charge in [-0.15, -0.1) is 0 Å². The fourth-order valence-electron chi connectivity index (χ4n) is 1.09. The third-order valence-corrected chi connectivity index (χ3v) is 1.87. The molecule has 0 aromatic rings. The van der Waals surface area contributed by atoms with Crippen molar-refractivity contribution in [2.24, 2.45) is 0 Å². The molecule has 0 aromatic heterocycles. The van der Waals surface area contributed by atoms with Gasteiger partial charge in [-0.3, -0.25) is 0 Å². The zero-order valence-electron chi connectivity index (χ0n) is 10.7. The number of hydrogen-bond donors (Lipinski definition) is 0. The van der Waals surface area contributed by atoms with Crippen LogP contribution in [-0.2, 0) is 18.9 Å². The number of rotatable bonds is 13. The maximum absolute atomic E-state index is 5.36. The lowest BCUT2D eigenvalue weighted by atomic mass is 10.5. The molecule has 0 rings (SSSR count). The molecule has 98 valence electrons. The van der Waals surface area contributed by atoms with Gasteiger partial charge in [-0.25, -0.2) is 0 Å². The first-order valence-corrected chi connectivity index (χ1v) is 6.22. The number of hydrogen-bond acceptors (Lipinski definition) is 4. The van der Waals surface area contributed by atoms with E-state index < -0.39 is 0 Å². The van der Waals surface area contributed by atoms with Gasteiger partial charge in [-0.2, -0.15) is 0 Å². The normalized spacial score (nSPS) is 10.9. The summed E-state index contributed by atoms with van der Waals surface area (Å²) in [6.07, 6.45) is 2.01. The van der Waals surface area contributed by atoms with E-state index in [1.54, 1.807) is 0 Å². The molecule has 4 heteroatoms. The second kappa shape index (κ2) is 14.8. The monoisotopic (exact) mass is 234 g/mol. The Bertz CT molecular complexity index is 106. The largest absolute Gasteiger partial charge is 0.382 e. The SMILES string of the molecule is CCCOCCOCCOCCCOCC. The van der Waals surface area contributed by atoms with Crippen LogP contribution in [0.3, 0.4) is 0 Å². The summed E-state index contributed by atoms with van der Waals surface area (Å²) in [5.74, 6) is 0. The molecule has 0 amide bonds. The minimum Gasteiger partial charge on any atom is -0.382 e. The van der Waals surface area contributed by atoms with E-state index >= 15 is 0 Å². The molecule has 0 aliphatic heterocycles. The highest BCUT2D eigenvalue weighted by Gasteiger charge is 1.91. The standard InChI is InChI=1S/C12H26O4/c1-3-6-14-9-11-16-12-10-15-8-5-7-13-4-2/h3-12H2,1-2H3. The van der Waals surface area contributed by atoms with Crippen molar-refractivity contribution >= 4 is 0 Å². The molecule has 0 aliphatic carbocycles. The van der Waals surface area contributed by atoms with E-state index in [0.717, 1.165) is 39.3 Å². The third kappa shape index (κ3) is 13.8. The molecule has 16 heavy (non-hydrogen) atoms. The molecule has 4 nitrogen and oxygen atoms in total. The fraction of sp³-hybridized carbons (Fsp3) is 1.00. The minimum absolute atomic E-state index is 0.643. The highest BCUT2D eigenvalue weighted by atomic mass is 16.5. The van der Waals surface area contributed by atoms with Crippen LogP contribution in [0.5, 0.6) is 0 Å². The Balaban J connectivity index is 2.83. The van der Waals surface area contributed by atoms with Crippen molar-refractivity contribution in [2.45, 2.75) is 26.7 Å². The van der Waals surface area contributed by atoms with Crippen LogP contribution < -0.4 is 0 Å². The summed E-state index contributed by atoms with van der Waals surface area (Å²) in [7, 11) is 0. The minimum atomic E-state index is 0.643. The average Bonchev–Trinajstić information content (AvgIpc) is 2.31. The Kier molecular flexibility index (Phi) is 14.7. The molecule has 0 radical (unpaired) electrons. The number of ether oxygens (including phenoxy) is 4. The average molecular weight is 234 g/mol. The first kappa shape index (κ1) is 15.8. The first-order valence-electron chi connectivity index (χ1n) is 6.22. The Labute approximate surface area is 99.2 Å². The van der Waals surface area contributed by atoms with E-state index in [9.17, 15) is 0 Å². The summed E-state index contributed by atoms with van der Waals surface area (Å²) in [5.41, 5.74) is 0. The van der Waals surface area contributed by atoms with Crippen LogP contribution in [0, 0.1) is 0 Å². The predicted molar refractivity (Wildman–Crippen MR) is 63.9 cm³/mol. The topological polar surface area (TPSA) is 36.9 Å². The zero-order chi connectivity index (χ0) is 11.9. The van der Waals surface area contributed by atoms with Crippen LogP contribution >= 0.6 is 0 Å². The van der Waals surface area contributed by atoms with Crippen molar-refractivity contribution in [1.29, 1.82) is 0 Å². The molecular formula is C12H26O4. The predicted octanol–water partition coefficient (Wildman–Crippen LogP) is 1.87. The van der Waals surface area contributed by atoms with Crippen LogP contribution in [-0.4, -0.2) is 52.9 Å². The van der Waals surface area contributed by atoms with E-state index in [4.69, 9.17) is 18.9 Å². The molecule has 0 saturated heterocycles. The quantitative estimate of drug-likeness (QED) is 0.456. The van der Waals surface area contributed by atoms with Crippen molar-refractivity contribution in [3.8, 4) is 0 Å².